The minimum absolute atomic E-state index is 0.0972. The lowest BCUT2D eigenvalue weighted by Gasteiger charge is -2.23. The van der Waals surface area contributed by atoms with E-state index in [9.17, 15) is 14.4 Å². The van der Waals surface area contributed by atoms with E-state index in [1.807, 2.05) is 6.92 Å². The molecule has 1 atom stereocenters. The predicted molar refractivity (Wildman–Crippen MR) is 60.3 cm³/mol. The van der Waals surface area contributed by atoms with Crippen molar-refractivity contribution in [2.45, 2.75) is 32.7 Å². The molecule has 17 heavy (non-hydrogen) atoms. The van der Waals surface area contributed by atoms with E-state index in [-0.39, 0.29) is 24.8 Å². The molecule has 6 nitrogen and oxygen atoms in total. The van der Waals surface area contributed by atoms with E-state index < -0.39 is 12.0 Å². The highest BCUT2D eigenvalue weighted by molar-refractivity contribution is 6.05. The average Bonchev–Trinajstić information content (AvgIpc) is 2.54. The quantitative estimate of drug-likeness (QED) is 0.660. The van der Waals surface area contributed by atoms with Crippen molar-refractivity contribution in [1.29, 1.82) is 0 Å². The van der Waals surface area contributed by atoms with Crippen LogP contribution >= 0.6 is 0 Å². The predicted octanol–water partition coefficient (Wildman–Crippen LogP) is -0.0696. The zero-order valence-corrected chi connectivity index (χ0v) is 10.2. The van der Waals surface area contributed by atoms with Crippen LogP contribution in [-0.2, 0) is 14.4 Å². The van der Waals surface area contributed by atoms with Gasteiger partial charge in [0.1, 0.15) is 0 Å². The van der Waals surface area contributed by atoms with Crippen LogP contribution in [-0.4, -0.2) is 58.4 Å². The van der Waals surface area contributed by atoms with Gasteiger partial charge in [0.05, 0.1) is 19.0 Å². The molecule has 6 heteroatoms. The van der Waals surface area contributed by atoms with E-state index >= 15 is 0 Å². The number of amides is 2. The number of imide groups is 1. The van der Waals surface area contributed by atoms with E-state index in [0.29, 0.717) is 13.1 Å². The molecule has 0 radical (unpaired) electrons. The Bertz CT molecular complexity index is 329. The van der Waals surface area contributed by atoms with Crippen molar-refractivity contribution in [2.24, 2.45) is 0 Å². The molecule has 1 saturated heterocycles. The highest BCUT2D eigenvalue weighted by atomic mass is 16.4. The first-order valence-corrected chi connectivity index (χ1v) is 5.81. The molecule has 96 valence electrons. The van der Waals surface area contributed by atoms with Crippen LogP contribution in [0.1, 0.15) is 26.7 Å². The summed E-state index contributed by atoms with van der Waals surface area (Å²) in [5.41, 5.74) is 0. The summed E-state index contributed by atoms with van der Waals surface area (Å²) in [5.74, 6) is -1.45. The molecule has 1 N–H and O–H groups in total. The lowest BCUT2D eigenvalue weighted by Crippen LogP contribution is -2.44. The second kappa shape index (κ2) is 5.77. The van der Waals surface area contributed by atoms with Crippen molar-refractivity contribution in [2.75, 3.05) is 19.6 Å². The Labute approximate surface area is 100 Å². The summed E-state index contributed by atoms with van der Waals surface area (Å²) in [4.78, 5) is 37.0. The van der Waals surface area contributed by atoms with Crippen molar-refractivity contribution < 1.29 is 19.5 Å². The second-order valence-electron chi connectivity index (χ2n) is 4.06. The lowest BCUT2D eigenvalue weighted by molar-refractivity contribution is -0.141. The summed E-state index contributed by atoms with van der Waals surface area (Å²) >= 11 is 0. The van der Waals surface area contributed by atoms with Gasteiger partial charge in [-0.15, -0.1) is 0 Å². The van der Waals surface area contributed by atoms with Gasteiger partial charge in [0.2, 0.25) is 11.8 Å². The molecule has 1 aliphatic heterocycles. The van der Waals surface area contributed by atoms with Crippen molar-refractivity contribution in [3.8, 4) is 0 Å². The van der Waals surface area contributed by atoms with Crippen molar-refractivity contribution in [3.63, 3.8) is 0 Å². The smallest absolute Gasteiger partial charge is 0.317 e. The summed E-state index contributed by atoms with van der Waals surface area (Å²) < 4.78 is 0. The zero-order chi connectivity index (χ0) is 13.0. The third-order valence-corrected chi connectivity index (χ3v) is 2.85. The molecule has 0 aliphatic carbocycles. The molecule has 1 heterocycles. The summed E-state index contributed by atoms with van der Waals surface area (Å²) in [6.45, 7) is 4.32. The summed E-state index contributed by atoms with van der Waals surface area (Å²) in [6, 6.07) is -0.602. The van der Waals surface area contributed by atoms with E-state index in [2.05, 4.69) is 0 Å². The second-order valence-corrected chi connectivity index (χ2v) is 4.06. The number of aliphatic carboxylic acids is 1. The molecule has 1 rings (SSSR count). The van der Waals surface area contributed by atoms with Crippen LogP contribution in [0.25, 0.3) is 0 Å². The van der Waals surface area contributed by atoms with Crippen LogP contribution in [0.15, 0.2) is 0 Å². The summed E-state index contributed by atoms with van der Waals surface area (Å²) in [7, 11) is 0. The Morgan fingerprint density at radius 3 is 2.59 bits per heavy atom. The molecule has 0 saturated carbocycles. The van der Waals surface area contributed by atoms with Gasteiger partial charge < -0.3 is 5.11 Å². The van der Waals surface area contributed by atoms with Gasteiger partial charge in [0, 0.05) is 6.54 Å². The molecule has 0 aromatic rings. The number of nitrogens with zero attached hydrogens (tertiary/aromatic N) is 2. The fraction of sp³-hybridized carbons (Fsp3) is 0.727. The molecule has 0 aromatic heterocycles. The first-order valence-electron chi connectivity index (χ1n) is 5.81. The highest BCUT2D eigenvalue weighted by Crippen LogP contribution is 2.18. The molecule has 1 unspecified atom stereocenters. The van der Waals surface area contributed by atoms with Gasteiger partial charge in [-0.3, -0.25) is 24.2 Å². The van der Waals surface area contributed by atoms with Gasteiger partial charge in [-0.05, 0) is 13.0 Å². The fourth-order valence-electron chi connectivity index (χ4n) is 2.03. The van der Waals surface area contributed by atoms with Crippen LogP contribution in [0.2, 0.25) is 0 Å². The number of carbonyl (C=O) groups is 3. The molecular weight excluding hydrogens is 224 g/mol. The third-order valence-electron chi connectivity index (χ3n) is 2.85. The van der Waals surface area contributed by atoms with Crippen molar-refractivity contribution in [1.82, 2.24) is 9.80 Å². The monoisotopic (exact) mass is 242 g/mol. The Kier molecular flexibility index (Phi) is 4.62. The Hall–Kier alpha value is -1.43. The van der Waals surface area contributed by atoms with Crippen LogP contribution in [0.5, 0.6) is 0 Å². The highest BCUT2D eigenvalue weighted by Gasteiger charge is 2.41. The topological polar surface area (TPSA) is 77.9 Å². The maximum Gasteiger partial charge on any atom is 0.317 e. The van der Waals surface area contributed by atoms with Gasteiger partial charge >= 0.3 is 5.97 Å². The Morgan fingerprint density at radius 1 is 1.47 bits per heavy atom. The minimum atomic E-state index is -0.985. The van der Waals surface area contributed by atoms with Crippen molar-refractivity contribution in [3.05, 3.63) is 0 Å². The number of hydrogen-bond acceptors (Lipinski definition) is 4. The number of likely N-dealkylation sites (N-methyl/N-ethyl adjacent to an activating group) is 1. The minimum Gasteiger partial charge on any atom is -0.480 e. The first kappa shape index (κ1) is 13.6. The van der Waals surface area contributed by atoms with E-state index in [4.69, 9.17) is 5.11 Å². The van der Waals surface area contributed by atoms with E-state index in [1.54, 1.807) is 6.92 Å². The number of hydrogen-bond donors (Lipinski definition) is 1. The molecule has 0 bridgehead atoms. The average molecular weight is 242 g/mol. The first-order chi connectivity index (χ1) is 8.01. The molecule has 1 fully saturated rings. The Morgan fingerprint density at radius 2 is 2.12 bits per heavy atom. The van der Waals surface area contributed by atoms with Gasteiger partial charge in [0.25, 0.3) is 0 Å². The van der Waals surface area contributed by atoms with E-state index in [1.165, 1.54) is 9.80 Å². The normalized spacial score (nSPS) is 20.4. The Balaban J connectivity index is 2.75. The largest absolute Gasteiger partial charge is 0.480 e. The zero-order valence-electron chi connectivity index (χ0n) is 10.2. The number of likely N-dealkylation sites (tertiary alicyclic amines) is 1. The maximum absolute atomic E-state index is 12.0. The lowest BCUT2D eigenvalue weighted by atomic mass is 10.2. The number of carbonyl (C=O) groups excluding carboxylic acids is 2. The van der Waals surface area contributed by atoms with Gasteiger partial charge in [-0.25, -0.2) is 0 Å². The van der Waals surface area contributed by atoms with E-state index in [0.717, 1.165) is 6.42 Å². The number of carboxylic acid groups (broad SMARTS) is 1. The van der Waals surface area contributed by atoms with Crippen LogP contribution in [0.4, 0.5) is 0 Å². The summed E-state index contributed by atoms with van der Waals surface area (Å²) in [5, 5.41) is 8.75. The standard InChI is InChI=1S/C11H18N2O4/c1-3-5-13-9(14)6-8(11(13)17)12(4-2)7-10(15)16/h8H,3-7H2,1-2H3,(H,15,16). The number of rotatable bonds is 6. The molecule has 2 amide bonds. The summed E-state index contributed by atoms with van der Waals surface area (Å²) in [6.07, 6.45) is 0.815. The van der Waals surface area contributed by atoms with Gasteiger partial charge in [0.15, 0.2) is 0 Å². The van der Waals surface area contributed by atoms with Gasteiger partial charge in [-0.1, -0.05) is 13.8 Å². The van der Waals surface area contributed by atoms with Crippen LogP contribution in [0.3, 0.4) is 0 Å². The molecular formula is C11H18N2O4. The molecule has 0 spiro atoms. The fourth-order valence-corrected chi connectivity index (χ4v) is 2.03. The van der Waals surface area contributed by atoms with Gasteiger partial charge in [-0.2, -0.15) is 0 Å². The SMILES string of the molecule is CCCN1C(=O)CC(N(CC)CC(=O)O)C1=O. The molecule has 0 aromatic carbocycles. The maximum atomic E-state index is 12.0. The number of carboxylic acids is 1. The van der Waals surface area contributed by atoms with Crippen LogP contribution < -0.4 is 0 Å². The van der Waals surface area contributed by atoms with Crippen LogP contribution in [0, 0.1) is 0 Å². The third kappa shape index (κ3) is 3.03. The molecule has 1 aliphatic rings. The van der Waals surface area contributed by atoms with Crippen molar-refractivity contribution >= 4 is 17.8 Å².